The molecule has 126 valence electrons. The van der Waals surface area contributed by atoms with Gasteiger partial charge in [-0.25, -0.2) is 0 Å². The molecule has 0 bridgehead atoms. The van der Waals surface area contributed by atoms with Crippen molar-refractivity contribution in [3.63, 3.8) is 0 Å². The monoisotopic (exact) mass is 421 g/mol. The van der Waals surface area contributed by atoms with Crippen LogP contribution in [0.25, 0.3) is 0 Å². The van der Waals surface area contributed by atoms with Gasteiger partial charge in [0, 0.05) is 13.6 Å². The minimum absolute atomic E-state index is 0. The van der Waals surface area contributed by atoms with E-state index in [1.807, 2.05) is 6.92 Å². The predicted octanol–water partition coefficient (Wildman–Crippen LogP) is 2.88. The number of halogens is 1. The summed E-state index contributed by atoms with van der Waals surface area (Å²) in [4.78, 5) is 8.42. The number of aryl methyl sites for hydroxylation is 1. The lowest BCUT2D eigenvalue weighted by molar-refractivity contribution is 0.104. The van der Waals surface area contributed by atoms with Crippen molar-refractivity contribution in [2.75, 3.05) is 13.6 Å². The summed E-state index contributed by atoms with van der Waals surface area (Å²) in [5.41, 5.74) is 0.451. The van der Waals surface area contributed by atoms with Crippen molar-refractivity contribution >= 4 is 29.9 Å². The molecular weight excluding hydrogens is 393 g/mol. The lowest BCUT2D eigenvalue weighted by Gasteiger charge is -2.43. The highest BCUT2D eigenvalue weighted by Gasteiger charge is 2.37. The molecule has 7 heteroatoms. The minimum Gasteiger partial charge on any atom is -0.356 e. The smallest absolute Gasteiger partial charge is 0.246 e. The van der Waals surface area contributed by atoms with Crippen molar-refractivity contribution < 1.29 is 4.52 Å². The molecule has 1 aliphatic carbocycles. The lowest BCUT2D eigenvalue weighted by atomic mass is 9.64. The molecular formula is C15H28IN5O. The van der Waals surface area contributed by atoms with Gasteiger partial charge in [0.15, 0.2) is 11.8 Å². The summed E-state index contributed by atoms with van der Waals surface area (Å²) >= 11 is 0. The molecule has 2 rings (SSSR count). The third-order valence-corrected chi connectivity index (χ3v) is 4.09. The molecule has 1 saturated carbocycles. The van der Waals surface area contributed by atoms with E-state index in [4.69, 9.17) is 4.52 Å². The first-order valence-corrected chi connectivity index (χ1v) is 7.77. The van der Waals surface area contributed by atoms with E-state index in [-0.39, 0.29) is 24.0 Å². The third-order valence-electron chi connectivity index (χ3n) is 4.09. The van der Waals surface area contributed by atoms with Gasteiger partial charge < -0.3 is 15.2 Å². The molecule has 6 nitrogen and oxygen atoms in total. The average Bonchev–Trinajstić information content (AvgIpc) is 2.81. The maximum absolute atomic E-state index is 5.08. The Hall–Kier alpha value is -0.860. The van der Waals surface area contributed by atoms with Crippen LogP contribution in [0.5, 0.6) is 0 Å². The van der Waals surface area contributed by atoms with E-state index >= 15 is 0 Å². The maximum Gasteiger partial charge on any atom is 0.246 e. The number of nitrogens with one attached hydrogen (secondary N) is 2. The fraction of sp³-hybridized carbons (Fsp3) is 0.800. The number of guanidine groups is 1. The third kappa shape index (κ3) is 5.40. The van der Waals surface area contributed by atoms with Crippen LogP contribution in [0.1, 0.15) is 51.2 Å². The average molecular weight is 421 g/mol. The van der Waals surface area contributed by atoms with Crippen molar-refractivity contribution in [2.45, 2.75) is 53.0 Å². The summed E-state index contributed by atoms with van der Waals surface area (Å²) in [7, 11) is 1.78. The quantitative estimate of drug-likeness (QED) is 0.420. The van der Waals surface area contributed by atoms with Crippen LogP contribution in [-0.4, -0.2) is 29.7 Å². The maximum atomic E-state index is 5.08. The molecule has 2 N–H and O–H groups in total. The molecule has 1 fully saturated rings. The second-order valence-electron chi connectivity index (χ2n) is 6.47. The number of rotatable bonds is 6. The SMILES string of the molecule is CN=C(NCc1nc(C)no1)NCC1(CC(C)C)CCC1.I. The highest BCUT2D eigenvalue weighted by Crippen LogP contribution is 2.45. The highest BCUT2D eigenvalue weighted by atomic mass is 127. The Balaban J connectivity index is 0.00000242. The molecule has 0 atom stereocenters. The predicted molar refractivity (Wildman–Crippen MR) is 98.4 cm³/mol. The van der Waals surface area contributed by atoms with Gasteiger partial charge in [0.1, 0.15) is 0 Å². The minimum atomic E-state index is 0. The highest BCUT2D eigenvalue weighted by molar-refractivity contribution is 14.0. The van der Waals surface area contributed by atoms with Gasteiger partial charge in [0.25, 0.3) is 0 Å². The molecule has 0 aromatic carbocycles. The number of hydrogen-bond donors (Lipinski definition) is 2. The second kappa shape index (κ2) is 8.69. The summed E-state index contributed by atoms with van der Waals surface area (Å²) in [6, 6.07) is 0. The van der Waals surface area contributed by atoms with Gasteiger partial charge in [0.05, 0.1) is 6.54 Å². The first kappa shape index (κ1) is 19.2. The van der Waals surface area contributed by atoms with Crippen LogP contribution in [0, 0.1) is 18.3 Å². The zero-order chi connectivity index (χ0) is 15.3. The number of nitrogens with zero attached hydrogens (tertiary/aromatic N) is 3. The first-order chi connectivity index (χ1) is 10.0. The molecule has 0 saturated heterocycles. The number of hydrogen-bond acceptors (Lipinski definition) is 4. The first-order valence-electron chi connectivity index (χ1n) is 7.77. The Morgan fingerprint density at radius 3 is 2.55 bits per heavy atom. The van der Waals surface area contributed by atoms with Crippen molar-refractivity contribution in [3.05, 3.63) is 11.7 Å². The van der Waals surface area contributed by atoms with Gasteiger partial charge in [-0.05, 0) is 37.5 Å². The van der Waals surface area contributed by atoms with Crippen LogP contribution in [-0.2, 0) is 6.54 Å². The summed E-state index contributed by atoms with van der Waals surface area (Å²) in [5.74, 6) is 2.76. The van der Waals surface area contributed by atoms with Gasteiger partial charge in [-0.1, -0.05) is 25.4 Å². The molecule has 22 heavy (non-hydrogen) atoms. The van der Waals surface area contributed by atoms with Gasteiger partial charge >= 0.3 is 0 Å². The molecule has 1 aliphatic rings. The Bertz CT molecular complexity index is 482. The number of aromatic nitrogens is 2. The van der Waals surface area contributed by atoms with Crippen LogP contribution in [0.4, 0.5) is 0 Å². The summed E-state index contributed by atoms with van der Waals surface area (Å²) < 4.78 is 5.08. The van der Waals surface area contributed by atoms with Crippen molar-refractivity contribution in [1.29, 1.82) is 0 Å². The molecule has 0 spiro atoms. The van der Waals surface area contributed by atoms with Crippen molar-refractivity contribution in [1.82, 2.24) is 20.8 Å². The van der Waals surface area contributed by atoms with Crippen molar-refractivity contribution in [3.8, 4) is 0 Å². The molecule has 0 radical (unpaired) electrons. The van der Waals surface area contributed by atoms with E-state index in [0.29, 0.717) is 23.7 Å². The molecule has 1 aromatic heterocycles. The van der Waals surface area contributed by atoms with E-state index in [1.165, 1.54) is 25.7 Å². The summed E-state index contributed by atoms with van der Waals surface area (Å²) in [6.07, 6.45) is 5.26. The largest absolute Gasteiger partial charge is 0.356 e. The number of aliphatic imine (C=N–C) groups is 1. The van der Waals surface area contributed by atoms with E-state index in [0.717, 1.165) is 18.4 Å². The second-order valence-corrected chi connectivity index (χ2v) is 6.47. The Morgan fingerprint density at radius 1 is 1.36 bits per heavy atom. The van der Waals surface area contributed by atoms with E-state index in [2.05, 4.69) is 39.6 Å². The van der Waals surface area contributed by atoms with E-state index in [1.54, 1.807) is 7.05 Å². The molecule has 0 aliphatic heterocycles. The molecule has 1 aromatic rings. The van der Waals surface area contributed by atoms with E-state index in [9.17, 15) is 0 Å². The van der Waals surface area contributed by atoms with Crippen LogP contribution in [0.2, 0.25) is 0 Å². The van der Waals surface area contributed by atoms with Gasteiger partial charge in [0.2, 0.25) is 5.89 Å². The fourth-order valence-electron chi connectivity index (χ4n) is 3.06. The van der Waals surface area contributed by atoms with Gasteiger partial charge in [-0.15, -0.1) is 24.0 Å². The molecule has 0 amide bonds. The zero-order valence-corrected chi connectivity index (χ0v) is 16.3. The summed E-state index contributed by atoms with van der Waals surface area (Å²) in [5, 5.41) is 10.4. The molecule has 0 unspecified atom stereocenters. The fourth-order valence-corrected chi connectivity index (χ4v) is 3.06. The van der Waals surface area contributed by atoms with Gasteiger partial charge in [-0.2, -0.15) is 4.98 Å². The van der Waals surface area contributed by atoms with E-state index < -0.39 is 0 Å². The normalized spacial score (nSPS) is 16.9. The van der Waals surface area contributed by atoms with Crippen LogP contribution in [0.15, 0.2) is 9.52 Å². The Kier molecular flexibility index (Phi) is 7.58. The summed E-state index contributed by atoms with van der Waals surface area (Å²) in [6.45, 7) is 7.88. The van der Waals surface area contributed by atoms with Crippen LogP contribution in [0.3, 0.4) is 0 Å². The topological polar surface area (TPSA) is 75.3 Å². The Labute approximate surface area is 149 Å². The zero-order valence-electron chi connectivity index (χ0n) is 14.0. The van der Waals surface area contributed by atoms with Crippen LogP contribution < -0.4 is 10.6 Å². The van der Waals surface area contributed by atoms with Crippen molar-refractivity contribution in [2.24, 2.45) is 16.3 Å². The standard InChI is InChI=1S/C15H27N5O.HI/c1-11(2)8-15(6-5-7-15)10-18-14(16-4)17-9-13-19-12(3)20-21-13;/h11H,5-10H2,1-4H3,(H2,16,17,18);1H. The van der Waals surface area contributed by atoms with Gasteiger partial charge in [-0.3, -0.25) is 4.99 Å². The lowest BCUT2D eigenvalue weighted by Crippen LogP contribution is -2.46. The van der Waals surface area contributed by atoms with Crippen LogP contribution >= 0.6 is 24.0 Å². The molecule has 1 heterocycles. The Morgan fingerprint density at radius 2 is 2.09 bits per heavy atom.